The van der Waals surface area contributed by atoms with E-state index in [4.69, 9.17) is 23.1 Å². The Kier molecular flexibility index (Phi) is 4.35. The van der Waals surface area contributed by atoms with Gasteiger partial charge >= 0.3 is 0 Å². The SMILES string of the molecule is NC(=O)c1ccccc1CSc1c(N)cccc1Cl. The third-order valence-corrected chi connectivity index (χ3v) is 4.28. The number of hydrogen-bond donors (Lipinski definition) is 2. The second-order valence-electron chi connectivity index (χ2n) is 3.97. The van der Waals surface area contributed by atoms with Gasteiger partial charge in [-0.2, -0.15) is 0 Å². The van der Waals surface area contributed by atoms with E-state index in [2.05, 4.69) is 0 Å². The lowest BCUT2D eigenvalue weighted by molar-refractivity contribution is 0.0999. The molecule has 0 bridgehead atoms. The van der Waals surface area contributed by atoms with Crippen molar-refractivity contribution in [2.24, 2.45) is 5.73 Å². The molecular weight excluding hydrogens is 280 g/mol. The molecule has 19 heavy (non-hydrogen) atoms. The molecule has 0 atom stereocenters. The lowest BCUT2D eigenvalue weighted by Gasteiger charge is -2.09. The Bertz CT molecular complexity index is 596. The van der Waals surface area contributed by atoms with E-state index >= 15 is 0 Å². The van der Waals surface area contributed by atoms with Crippen LogP contribution < -0.4 is 11.5 Å². The van der Waals surface area contributed by atoms with Gasteiger partial charge in [-0.15, -0.1) is 11.8 Å². The van der Waals surface area contributed by atoms with Crippen molar-refractivity contribution in [3.63, 3.8) is 0 Å². The van der Waals surface area contributed by atoms with Gasteiger partial charge in [0.05, 0.1) is 5.02 Å². The standard InChI is InChI=1S/C14H13ClN2OS/c15-11-6-3-7-12(16)13(11)19-8-9-4-1-2-5-10(9)14(17)18/h1-7H,8,16H2,(H2,17,18). The molecule has 0 radical (unpaired) electrons. The topological polar surface area (TPSA) is 69.1 Å². The molecule has 5 heteroatoms. The molecule has 0 aliphatic rings. The first-order valence-corrected chi connectivity index (χ1v) is 7.00. The average Bonchev–Trinajstić information content (AvgIpc) is 2.38. The molecule has 0 saturated carbocycles. The van der Waals surface area contributed by atoms with E-state index in [1.165, 1.54) is 11.8 Å². The molecule has 0 heterocycles. The number of amides is 1. The van der Waals surface area contributed by atoms with Gasteiger partial charge < -0.3 is 11.5 Å². The second-order valence-corrected chi connectivity index (χ2v) is 5.36. The van der Waals surface area contributed by atoms with Crippen molar-refractivity contribution in [3.05, 3.63) is 58.6 Å². The largest absolute Gasteiger partial charge is 0.398 e. The monoisotopic (exact) mass is 292 g/mol. The number of benzene rings is 2. The van der Waals surface area contributed by atoms with E-state index in [0.717, 1.165) is 10.5 Å². The highest BCUT2D eigenvalue weighted by atomic mass is 35.5. The molecule has 3 nitrogen and oxygen atoms in total. The molecule has 2 aromatic rings. The molecule has 0 aliphatic carbocycles. The maximum absolute atomic E-state index is 11.3. The summed E-state index contributed by atoms with van der Waals surface area (Å²) in [5.41, 5.74) is 13.3. The number of carbonyl (C=O) groups excluding carboxylic acids is 1. The molecule has 2 rings (SSSR count). The fraction of sp³-hybridized carbons (Fsp3) is 0.0714. The predicted octanol–water partition coefficient (Wildman–Crippen LogP) is 3.31. The Morgan fingerprint density at radius 3 is 2.58 bits per heavy atom. The lowest BCUT2D eigenvalue weighted by Crippen LogP contribution is -2.13. The normalized spacial score (nSPS) is 10.4. The summed E-state index contributed by atoms with van der Waals surface area (Å²) in [4.78, 5) is 12.2. The van der Waals surface area contributed by atoms with Crippen LogP contribution in [0.4, 0.5) is 5.69 Å². The highest BCUT2D eigenvalue weighted by Gasteiger charge is 2.10. The van der Waals surface area contributed by atoms with Gasteiger partial charge in [0.1, 0.15) is 0 Å². The van der Waals surface area contributed by atoms with Crippen LogP contribution in [0.1, 0.15) is 15.9 Å². The lowest BCUT2D eigenvalue weighted by atomic mass is 10.1. The van der Waals surface area contributed by atoms with Gasteiger partial charge in [-0.1, -0.05) is 35.9 Å². The third-order valence-electron chi connectivity index (χ3n) is 2.65. The molecule has 0 spiro atoms. The smallest absolute Gasteiger partial charge is 0.249 e. The molecule has 0 unspecified atom stereocenters. The zero-order valence-corrected chi connectivity index (χ0v) is 11.7. The first-order valence-electron chi connectivity index (χ1n) is 5.64. The summed E-state index contributed by atoms with van der Waals surface area (Å²) in [6.07, 6.45) is 0. The number of anilines is 1. The van der Waals surface area contributed by atoms with Crippen molar-refractivity contribution < 1.29 is 4.79 Å². The van der Waals surface area contributed by atoms with Crippen LogP contribution in [-0.2, 0) is 5.75 Å². The van der Waals surface area contributed by atoms with Crippen molar-refractivity contribution in [1.82, 2.24) is 0 Å². The van der Waals surface area contributed by atoms with Crippen molar-refractivity contribution in [3.8, 4) is 0 Å². The van der Waals surface area contributed by atoms with Crippen molar-refractivity contribution in [2.45, 2.75) is 10.6 Å². The van der Waals surface area contributed by atoms with E-state index < -0.39 is 5.91 Å². The minimum absolute atomic E-state index is 0.427. The number of halogens is 1. The summed E-state index contributed by atoms with van der Waals surface area (Å²) in [7, 11) is 0. The molecule has 4 N–H and O–H groups in total. The van der Waals surface area contributed by atoms with Gasteiger partial charge in [0, 0.05) is 21.9 Å². The Labute approximate surface area is 120 Å². The minimum atomic E-state index is -0.427. The zero-order valence-electron chi connectivity index (χ0n) is 10.1. The minimum Gasteiger partial charge on any atom is -0.398 e. The zero-order chi connectivity index (χ0) is 13.8. The maximum atomic E-state index is 11.3. The van der Waals surface area contributed by atoms with Crippen LogP contribution in [-0.4, -0.2) is 5.91 Å². The summed E-state index contributed by atoms with van der Waals surface area (Å²) in [6.45, 7) is 0. The number of nitrogens with two attached hydrogens (primary N) is 2. The van der Waals surface area contributed by atoms with Gasteiger partial charge in [0.25, 0.3) is 0 Å². The number of rotatable bonds is 4. The summed E-state index contributed by atoms with van der Waals surface area (Å²) in [5.74, 6) is 0.163. The summed E-state index contributed by atoms with van der Waals surface area (Å²) >= 11 is 7.60. The first-order chi connectivity index (χ1) is 9.09. The molecule has 98 valence electrons. The van der Waals surface area contributed by atoms with Gasteiger partial charge in [0.15, 0.2) is 0 Å². The van der Waals surface area contributed by atoms with Crippen LogP contribution >= 0.6 is 23.4 Å². The van der Waals surface area contributed by atoms with Crippen molar-refractivity contribution in [2.75, 3.05) is 5.73 Å². The molecule has 0 aliphatic heterocycles. The quantitative estimate of drug-likeness (QED) is 0.671. The van der Waals surface area contributed by atoms with Crippen molar-refractivity contribution >= 4 is 35.0 Å². The van der Waals surface area contributed by atoms with Gasteiger partial charge in [-0.25, -0.2) is 0 Å². The number of carbonyl (C=O) groups is 1. The average molecular weight is 293 g/mol. The van der Waals surface area contributed by atoms with Gasteiger partial charge in [0.2, 0.25) is 5.91 Å². The first kappa shape index (κ1) is 13.8. The molecule has 1 amide bonds. The molecule has 2 aromatic carbocycles. The number of thioether (sulfide) groups is 1. The molecule has 0 saturated heterocycles. The van der Waals surface area contributed by atoms with E-state index in [-0.39, 0.29) is 0 Å². The Morgan fingerprint density at radius 1 is 1.16 bits per heavy atom. The fourth-order valence-electron chi connectivity index (χ4n) is 1.71. The Morgan fingerprint density at radius 2 is 1.89 bits per heavy atom. The summed E-state index contributed by atoms with van der Waals surface area (Å²) in [5, 5.41) is 0.613. The van der Waals surface area contributed by atoms with Crippen LogP contribution in [0.5, 0.6) is 0 Å². The molecule has 0 fully saturated rings. The Balaban J connectivity index is 2.22. The van der Waals surface area contributed by atoms with Crippen molar-refractivity contribution in [1.29, 1.82) is 0 Å². The Hall–Kier alpha value is -1.65. The number of hydrogen-bond acceptors (Lipinski definition) is 3. The maximum Gasteiger partial charge on any atom is 0.249 e. The summed E-state index contributed by atoms with van der Waals surface area (Å²) < 4.78 is 0. The molecule has 0 aromatic heterocycles. The van der Waals surface area contributed by atoms with Gasteiger partial charge in [-0.05, 0) is 23.8 Å². The summed E-state index contributed by atoms with van der Waals surface area (Å²) in [6, 6.07) is 12.7. The second kappa shape index (κ2) is 5.99. The van der Waals surface area contributed by atoms with Crippen LogP contribution in [0.3, 0.4) is 0 Å². The van der Waals surface area contributed by atoms with Crippen LogP contribution in [0.15, 0.2) is 47.4 Å². The van der Waals surface area contributed by atoms with Crippen LogP contribution in [0.25, 0.3) is 0 Å². The fourth-order valence-corrected chi connectivity index (χ4v) is 3.05. The van der Waals surface area contributed by atoms with Crippen LogP contribution in [0.2, 0.25) is 5.02 Å². The van der Waals surface area contributed by atoms with Gasteiger partial charge in [-0.3, -0.25) is 4.79 Å². The van der Waals surface area contributed by atoms with E-state index in [1.807, 2.05) is 12.1 Å². The third kappa shape index (κ3) is 3.22. The number of primary amides is 1. The van der Waals surface area contributed by atoms with E-state index in [9.17, 15) is 4.79 Å². The predicted molar refractivity (Wildman–Crippen MR) is 80.4 cm³/mol. The number of nitrogen functional groups attached to an aromatic ring is 1. The highest BCUT2D eigenvalue weighted by molar-refractivity contribution is 7.98. The van der Waals surface area contributed by atoms with E-state index in [0.29, 0.717) is 22.0 Å². The highest BCUT2D eigenvalue weighted by Crippen LogP contribution is 2.34. The van der Waals surface area contributed by atoms with E-state index in [1.54, 1.807) is 30.3 Å². The van der Waals surface area contributed by atoms with Crippen LogP contribution in [0, 0.1) is 0 Å². The molecular formula is C14H13ClN2OS.